The molecule has 22 heavy (non-hydrogen) atoms. The number of rotatable bonds is 3. The highest BCUT2D eigenvalue weighted by Gasteiger charge is 2.44. The Morgan fingerprint density at radius 1 is 1.32 bits per heavy atom. The van der Waals surface area contributed by atoms with E-state index in [2.05, 4.69) is 20.9 Å². The van der Waals surface area contributed by atoms with E-state index < -0.39 is 0 Å². The topological polar surface area (TPSA) is 36.4 Å². The molecule has 3 rings (SSSR count). The van der Waals surface area contributed by atoms with Gasteiger partial charge in [0.05, 0.1) is 0 Å². The Balaban J connectivity index is 1.74. The zero-order valence-corrected chi connectivity index (χ0v) is 13.8. The van der Waals surface area contributed by atoms with Crippen molar-refractivity contribution in [3.8, 4) is 0 Å². The third kappa shape index (κ3) is 3.02. The van der Waals surface area contributed by atoms with Gasteiger partial charge < -0.3 is 4.90 Å². The number of hydrogen-bond donors (Lipinski definition) is 0. The van der Waals surface area contributed by atoms with Gasteiger partial charge in [0.25, 0.3) is 0 Å². The zero-order chi connectivity index (χ0) is 15.6. The monoisotopic (exact) mass is 301 g/mol. The van der Waals surface area contributed by atoms with Crippen LogP contribution in [0.1, 0.15) is 45.1 Å². The molecule has 4 heteroatoms. The van der Waals surface area contributed by atoms with Crippen LogP contribution in [0.3, 0.4) is 0 Å². The fourth-order valence-electron chi connectivity index (χ4n) is 4.08. The molecule has 1 aromatic rings. The maximum atomic E-state index is 12.4. The quantitative estimate of drug-likeness (QED) is 0.861. The highest BCUT2D eigenvalue weighted by molar-refractivity contribution is 5.78. The molecule has 1 spiro atoms. The third-order valence-electron chi connectivity index (χ3n) is 5.20. The van der Waals surface area contributed by atoms with Crippen molar-refractivity contribution in [3.63, 3.8) is 0 Å². The number of aromatic nitrogens is 1. The van der Waals surface area contributed by atoms with Crippen molar-refractivity contribution in [2.24, 2.45) is 5.92 Å². The first-order valence-electron chi connectivity index (χ1n) is 8.53. The lowest BCUT2D eigenvalue weighted by Gasteiger charge is -2.46. The van der Waals surface area contributed by atoms with E-state index in [0.29, 0.717) is 5.91 Å². The maximum Gasteiger partial charge on any atom is 0.225 e. The van der Waals surface area contributed by atoms with Crippen LogP contribution in [0.25, 0.3) is 0 Å². The van der Waals surface area contributed by atoms with Crippen LogP contribution < -0.4 is 0 Å². The molecular weight excluding hydrogens is 274 g/mol. The van der Waals surface area contributed by atoms with Crippen LogP contribution in [0.15, 0.2) is 24.5 Å². The van der Waals surface area contributed by atoms with E-state index >= 15 is 0 Å². The Morgan fingerprint density at radius 2 is 2.09 bits per heavy atom. The van der Waals surface area contributed by atoms with E-state index in [1.807, 2.05) is 32.3 Å². The second kappa shape index (κ2) is 6.37. The number of piperidine rings is 1. The molecule has 2 aliphatic rings. The maximum absolute atomic E-state index is 12.4. The summed E-state index contributed by atoms with van der Waals surface area (Å²) in [5.74, 6) is 0.413. The molecule has 0 aliphatic carbocycles. The van der Waals surface area contributed by atoms with E-state index in [9.17, 15) is 4.79 Å². The summed E-state index contributed by atoms with van der Waals surface area (Å²) in [4.78, 5) is 21.3. The number of carbonyl (C=O) groups excluding carboxylic acids is 1. The van der Waals surface area contributed by atoms with Gasteiger partial charge in [0, 0.05) is 43.5 Å². The van der Waals surface area contributed by atoms with E-state index in [0.717, 1.165) is 32.6 Å². The normalized spacial score (nSPS) is 26.0. The minimum Gasteiger partial charge on any atom is -0.341 e. The minimum atomic E-state index is 0.100. The van der Waals surface area contributed by atoms with E-state index in [-0.39, 0.29) is 11.5 Å². The Kier molecular flexibility index (Phi) is 4.48. The third-order valence-corrected chi connectivity index (χ3v) is 5.20. The van der Waals surface area contributed by atoms with Crippen LogP contribution in [0.5, 0.6) is 0 Å². The lowest BCUT2D eigenvalue weighted by molar-refractivity contribution is -0.138. The lowest BCUT2D eigenvalue weighted by atomic mass is 9.85. The van der Waals surface area contributed by atoms with Crippen molar-refractivity contribution in [3.05, 3.63) is 30.1 Å². The van der Waals surface area contributed by atoms with Crippen LogP contribution in [0.4, 0.5) is 0 Å². The van der Waals surface area contributed by atoms with Crippen LogP contribution in [0.2, 0.25) is 0 Å². The van der Waals surface area contributed by atoms with E-state index in [4.69, 9.17) is 0 Å². The number of nitrogens with zero attached hydrogens (tertiary/aromatic N) is 3. The molecule has 3 heterocycles. The molecule has 120 valence electrons. The summed E-state index contributed by atoms with van der Waals surface area (Å²) in [6, 6.07) is 4.16. The first-order chi connectivity index (χ1) is 10.6. The molecule has 0 bridgehead atoms. The van der Waals surface area contributed by atoms with Gasteiger partial charge in [0.15, 0.2) is 0 Å². The van der Waals surface area contributed by atoms with Crippen molar-refractivity contribution in [1.29, 1.82) is 0 Å². The van der Waals surface area contributed by atoms with Gasteiger partial charge in [-0.2, -0.15) is 0 Å². The fourth-order valence-corrected chi connectivity index (χ4v) is 4.08. The number of carbonyl (C=O) groups is 1. The van der Waals surface area contributed by atoms with E-state index in [1.54, 1.807) is 0 Å². The number of likely N-dealkylation sites (tertiary alicyclic amines) is 2. The molecule has 0 N–H and O–H groups in total. The van der Waals surface area contributed by atoms with Gasteiger partial charge in [-0.25, -0.2) is 0 Å². The molecule has 0 radical (unpaired) electrons. The average molecular weight is 301 g/mol. The fraction of sp³-hybridized carbons (Fsp3) is 0.667. The van der Waals surface area contributed by atoms with Gasteiger partial charge in [0.1, 0.15) is 0 Å². The summed E-state index contributed by atoms with van der Waals surface area (Å²) in [7, 11) is 0. The van der Waals surface area contributed by atoms with Crippen molar-refractivity contribution < 1.29 is 4.79 Å². The van der Waals surface area contributed by atoms with Gasteiger partial charge in [-0.1, -0.05) is 19.9 Å². The van der Waals surface area contributed by atoms with Crippen LogP contribution in [-0.2, 0) is 11.3 Å². The van der Waals surface area contributed by atoms with Crippen LogP contribution >= 0.6 is 0 Å². The molecular formula is C18H27N3O. The molecule has 4 nitrogen and oxygen atoms in total. The lowest BCUT2D eigenvalue weighted by Crippen LogP contribution is -2.57. The van der Waals surface area contributed by atoms with Crippen molar-refractivity contribution in [2.45, 2.75) is 51.6 Å². The largest absolute Gasteiger partial charge is 0.341 e. The Labute approximate surface area is 133 Å². The van der Waals surface area contributed by atoms with Gasteiger partial charge in [-0.15, -0.1) is 0 Å². The average Bonchev–Trinajstić information content (AvgIpc) is 2.89. The summed E-state index contributed by atoms with van der Waals surface area (Å²) in [5, 5.41) is 0. The standard InChI is InChI=1S/C18H27N3O/c1-15(2)17(22)20-10-4-7-18(14-20)8-5-11-21(18)13-16-6-3-9-19-12-16/h3,6,9,12,15H,4-5,7-8,10-11,13-14H2,1-2H3/t18-/m1/s1. The minimum absolute atomic E-state index is 0.100. The summed E-state index contributed by atoms with van der Waals surface area (Å²) in [6.07, 6.45) is 8.59. The first-order valence-corrected chi connectivity index (χ1v) is 8.53. The smallest absolute Gasteiger partial charge is 0.225 e. The summed E-state index contributed by atoms with van der Waals surface area (Å²) in [5.41, 5.74) is 1.47. The van der Waals surface area contributed by atoms with Crippen molar-refractivity contribution >= 4 is 5.91 Å². The van der Waals surface area contributed by atoms with Crippen molar-refractivity contribution in [2.75, 3.05) is 19.6 Å². The Morgan fingerprint density at radius 3 is 2.77 bits per heavy atom. The van der Waals surface area contributed by atoms with Crippen LogP contribution in [-0.4, -0.2) is 45.9 Å². The molecule has 2 aliphatic heterocycles. The molecule has 1 atom stereocenters. The second-order valence-corrected chi connectivity index (χ2v) is 7.13. The molecule has 0 saturated carbocycles. The predicted octanol–water partition coefficient (Wildman–Crippen LogP) is 2.69. The molecule has 0 aromatic carbocycles. The van der Waals surface area contributed by atoms with Gasteiger partial charge in [0.2, 0.25) is 5.91 Å². The summed E-state index contributed by atoms with van der Waals surface area (Å²) < 4.78 is 0. The highest BCUT2D eigenvalue weighted by atomic mass is 16.2. The van der Waals surface area contributed by atoms with Gasteiger partial charge in [-0.3, -0.25) is 14.7 Å². The number of amides is 1. The molecule has 2 saturated heterocycles. The summed E-state index contributed by atoms with van der Waals surface area (Å²) >= 11 is 0. The Hall–Kier alpha value is -1.42. The Bertz CT molecular complexity index is 516. The zero-order valence-electron chi connectivity index (χ0n) is 13.8. The van der Waals surface area contributed by atoms with Crippen LogP contribution in [0, 0.1) is 5.92 Å². The van der Waals surface area contributed by atoms with E-state index in [1.165, 1.54) is 24.8 Å². The van der Waals surface area contributed by atoms with Gasteiger partial charge in [-0.05, 0) is 43.9 Å². The summed E-state index contributed by atoms with van der Waals surface area (Å²) in [6.45, 7) is 7.94. The molecule has 2 fully saturated rings. The second-order valence-electron chi connectivity index (χ2n) is 7.13. The molecule has 1 amide bonds. The van der Waals surface area contributed by atoms with Gasteiger partial charge >= 0.3 is 0 Å². The highest BCUT2D eigenvalue weighted by Crippen LogP contribution is 2.38. The predicted molar refractivity (Wildman–Crippen MR) is 87.3 cm³/mol. The molecule has 0 unspecified atom stereocenters. The SMILES string of the molecule is CC(C)C(=O)N1CCC[C@@]2(CCCN2Cc2cccnc2)C1. The first kappa shape index (κ1) is 15.5. The van der Waals surface area contributed by atoms with Crippen molar-refractivity contribution in [1.82, 2.24) is 14.8 Å². The number of pyridine rings is 1. The molecule has 1 aromatic heterocycles. The number of hydrogen-bond acceptors (Lipinski definition) is 3.